The number of halogens is 1. The number of aromatic nitrogens is 1. The molecule has 0 aliphatic rings. The third-order valence-electron chi connectivity index (χ3n) is 1.23. The Kier molecular flexibility index (Phi) is 3.54. The van der Waals surface area contributed by atoms with E-state index in [0.717, 1.165) is 5.56 Å². The average molecular weight is 186 g/mol. The van der Waals surface area contributed by atoms with Crippen LogP contribution in [0.1, 0.15) is 5.56 Å². The lowest BCUT2D eigenvalue weighted by atomic mass is 10.3. The topological polar surface area (TPSA) is 39.2 Å². The molecule has 0 saturated heterocycles. The maximum atomic E-state index is 10.6. The van der Waals surface area contributed by atoms with Gasteiger partial charge in [-0.05, 0) is 6.07 Å². The van der Waals surface area contributed by atoms with Crippen LogP contribution in [0, 0.1) is 0 Å². The van der Waals surface area contributed by atoms with E-state index in [1.165, 1.54) is 0 Å². The lowest BCUT2D eigenvalue weighted by Gasteiger charge is -2.00. The zero-order valence-corrected chi connectivity index (χ0v) is 7.12. The third kappa shape index (κ3) is 2.88. The van der Waals surface area contributed by atoms with Crippen LogP contribution in [0.3, 0.4) is 0 Å². The third-order valence-corrected chi connectivity index (χ3v) is 1.45. The van der Waals surface area contributed by atoms with E-state index >= 15 is 0 Å². The molecule has 0 unspecified atom stereocenters. The van der Waals surface area contributed by atoms with Crippen molar-refractivity contribution >= 4 is 17.6 Å². The molecular weight excluding hydrogens is 178 g/mol. The van der Waals surface area contributed by atoms with Gasteiger partial charge in [-0.15, -0.1) is 11.6 Å². The van der Waals surface area contributed by atoms with Crippen molar-refractivity contribution in [3.63, 3.8) is 0 Å². The zero-order chi connectivity index (χ0) is 8.81. The second-order valence-electron chi connectivity index (χ2n) is 2.16. The normalized spacial score (nSPS) is 9.42. The maximum Gasteiger partial charge on any atom is 0.321 e. The van der Waals surface area contributed by atoms with Gasteiger partial charge in [-0.1, -0.05) is 6.07 Å². The molecule has 1 aromatic heterocycles. The molecule has 4 heteroatoms. The van der Waals surface area contributed by atoms with Crippen molar-refractivity contribution in [3.05, 3.63) is 30.1 Å². The molecule has 12 heavy (non-hydrogen) atoms. The number of hydrogen-bond acceptors (Lipinski definition) is 3. The Morgan fingerprint density at radius 1 is 1.67 bits per heavy atom. The molecule has 0 aromatic carbocycles. The first-order valence-corrected chi connectivity index (χ1v) is 3.97. The molecular formula is C8H8ClNO2. The van der Waals surface area contributed by atoms with Gasteiger partial charge in [0.2, 0.25) is 0 Å². The van der Waals surface area contributed by atoms with Crippen molar-refractivity contribution < 1.29 is 9.53 Å². The van der Waals surface area contributed by atoms with E-state index in [1.807, 2.05) is 6.07 Å². The van der Waals surface area contributed by atoms with E-state index in [9.17, 15) is 4.79 Å². The summed E-state index contributed by atoms with van der Waals surface area (Å²) in [5.41, 5.74) is 0.857. The molecule has 0 aliphatic carbocycles. The number of pyridine rings is 1. The summed E-state index contributed by atoms with van der Waals surface area (Å²) in [6.45, 7) is 0.236. The second-order valence-corrected chi connectivity index (χ2v) is 2.42. The highest BCUT2D eigenvalue weighted by Gasteiger charge is 1.99. The smallest absolute Gasteiger partial charge is 0.321 e. The van der Waals surface area contributed by atoms with Gasteiger partial charge < -0.3 is 4.74 Å². The molecule has 0 radical (unpaired) electrons. The summed E-state index contributed by atoms with van der Waals surface area (Å²) in [6, 6.07) is 3.61. The standard InChI is InChI=1S/C8H8ClNO2/c9-4-8(11)12-6-7-2-1-3-10-5-7/h1-3,5H,4,6H2. The Labute approximate surface area is 75.3 Å². The minimum Gasteiger partial charge on any atom is -0.460 e. The summed E-state index contributed by atoms with van der Waals surface area (Å²) < 4.78 is 4.77. The van der Waals surface area contributed by atoms with E-state index in [0.29, 0.717) is 0 Å². The molecule has 0 fully saturated rings. The largest absolute Gasteiger partial charge is 0.460 e. The second kappa shape index (κ2) is 4.72. The first kappa shape index (κ1) is 9.00. The molecule has 0 atom stereocenters. The minimum atomic E-state index is -0.416. The van der Waals surface area contributed by atoms with Crippen LogP contribution in [0.15, 0.2) is 24.5 Å². The highest BCUT2D eigenvalue weighted by atomic mass is 35.5. The van der Waals surface area contributed by atoms with Gasteiger partial charge in [-0.3, -0.25) is 9.78 Å². The fourth-order valence-corrected chi connectivity index (χ4v) is 0.763. The van der Waals surface area contributed by atoms with Crippen molar-refractivity contribution in [2.75, 3.05) is 5.88 Å². The van der Waals surface area contributed by atoms with E-state index in [4.69, 9.17) is 16.3 Å². The number of carbonyl (C=O) groups is 1. The fourth-order valence-electron chi connectivity index (χ4n) is 0.686. The van der Waals surface area contributed by atoms with Gasteiger partial charge in [0.25, 0.3) is 0 Å². The van der Waals surface area contributed by atoms with Crippen LogP contribution in [0.4, 0.5) is 0 Å². The number of nitrogens with zero attached hydrogens (tertiary/aromatic N) is 1. The molecule has 0 saturated carbocycles. The number of ether oxygens (including phenoxy) is 1. The molecule has 0 bridgehead atoms. The van der Waals surface area contributed by atoms with Gasteiger partial charge in [-0.2, -0.15) is 0 Å². The van der Waals surface area contributed by atoms with Crippen molar-refractivity contribution in [2.45, 2.75) is 6.61 Å². The Morgan fingerprint density at radius 2 is 2.50 bits per heavy atom. The van der Waals surface area contributed by atoms with Gasteiger partial charge in [-0.25, -0.2) is 0 Å². The van der Waals surface area contributed by atoms with Crippen LogP contribution in [-0.2, 0) is 16.1 Å². The van der Waals surface area contributed by atoms with Crippen LogP contribution in [0.25, 0.3) is 0 Å². The Bertz CT molecular complexity index is 250. The zero-order valence-electron chi connectivity index (χ0n) is 6.37. The van der Waals surface area contributed by atoms with Gasteiger partial charge in [0, 0.05) is 18.0 Å². The predicted molar refractivity (Wildman–Crippen MR) is 44.8 cm³/mol. The molecule has 64 valence electrons. The summed E-state index contributed by atoms with van der Waals surface area (Å²) in [4.78, 5) is 14.5. The molecule has 1 heterocycles. The maximum absolute atomic E-state index is 10.6. The first-order chi connectivity index (χ1) is 5.83. The van der Waals surface area contributed by atoms with Gasteiger partial charge in [0.05, 0.1) is 0 Å². The molecule has 0 spiro atoms. The average Bonchev–Trinajstić information content (AvgIpc) is 2.16. The molecule has 0 aliphatic heterocycles. The summed E-state index contributed by atoms with van der Waals surface area (Å²) in [5.74, 6) is -0.527. The van der Waals surface area contributed by atoms with E-state index in [-0.39, 0.29) is 12.5 Å². The SMILES string of the molecule is O=C(CCl)OCc1cccnc1. The van der Waals surface area contributed by atoms with Crippen LogP contribution < -0.4 is 0 Å². The minimum absolute atomic E-state index is 0.111. The monoisotopic (exact) mass is 185 g/mol. The molecule has 1 rings (SSSR count). The summed E-state index contributed by atoms with van der Waals surface area (Å²) in [5, 5.41) is 0. The van der Waals surface area contributed by atoms with Crippen LogP contribution in [0.2, 0.25) is 0 Å². The van der Waals surface area contributed by atoms with Crippen molar-refractivity contribution in [3.8, 4) is 0 Å². The number of carbonyl (C=O) groups excluding carboxylic acids is 1. The summed E-state index contributed by atoms with van der Waals surface area (Å²) in [7, 11) is 0. The van der Waals surface area contributed by atoms with Gasteiger partial charge in [0.15, 0.2) is 0 Å². The number of hydrogen-bond donors (Lipinski definition) is 0. The van der Waals surface area contributed by atoms with Crippen molar-refractivity contribution in [1.82, 2.24) is 4.98 Å². The van der Waals surface area contributed by atoms with Gasteiger partial charge in [0.1, 0.15) is 12.5 Å². The predicted octanol–water partition coefficient (Wildman–Crippen LogP) is 1.36. The summed E-state index contributed by atoms with van der Waals surface area (Å²) >= 11 is 5.23. The highest BCUT2D eigenvalue weighted by molar-refractivity contribution is 6.26. The number of rotatable bonds is 3. The quantitative estimate of drug-likeness (QED) is 0.527. The van der Waals surface area contributed by atoms with E-state index in [1.54, 1.807) is 18.5 Å². The van der Waals surface area contributed by atoms with E-state index < -0.39 is 5.97 Å². The Morgan fingerprint density at radius 3 is 3.08 bits per heavy atom. The number of alkyl halides is 1. The summed E-state index contributed by atoms with van der Waals surface area (Å²) in [6.07, 6.45) is 3.30. The van der Waals surface area contributed by atoms with Crippen molar-refractivity contribution in [2.24, 2.45) is 0 Å². The molecule has 0 N–H and O–H groups in total. The first-order valence-electron chi connectivity index (χ1n) is 3.43. The van der Waals surface area contributed by atoms with Crippen molar-refractivity contribution in [1.29, 1.82) is 0 Å². The highest BCUT2D eigenvalue weighted by Crippen LogP contribution is 1.98. The van der Waals surface area contributed by atoms with E-state index in [2.05, 4.69) is 4.98 Å². The van der Waals surface area contributed by atoms with Crippen LogP contribution in [-0.4, -0.2) is 16.8 Å². The Hall–Kier alpha value is -1.09. The van der Waals surface area contributed by atoms with Crippen LogP contribution in [0.5, 0.6) is 0 Å². The molecule has 3 nitrogen and oxygen atoms in total. The lowest BCUT2D eigenvalue weighted by Crippen LogP contribution is -2.05. The van der Waals surface area contributed by atoms with Gasteiger partial charge >= 0.3 is 5.97 Å². The van der Waals surface area contributed by atoms with Crippen LogP contribution >= 0.6 is 11.6 Å². The number of esters is 1. The Balaban J connectivity index is 2.38. The fraction of sp³-hybridized carbons (Fsp3) is 0.250. The molecule has 0 amide bonds. The lowest BCUT2D eigenvalue weighted by molar-refractivity contribution is -0.141. The molecule has 1 aromatic rings.